The topological polar surface area (TPSA) is 24.5 Å². The first-order valence-electron chi connectivity index (χ1n) is 6.80. The Labute approximate surface area is 111 Å². The molecular weight excluding hydrogens is 224 g/mol. The molecule has 0 spiro atoms. The lowest BCUT2D eigenvalue weighted by Crippen LogP contribution is -2.18. The van der Waals surface area contributed by atoms with E-state index in [1.807, 2.05) is 19.1 Å². The molecule has 3 nitrogen and oxygen atoms in total. The van der Waals surface area contributed by atoms with Crippen LogP contribution in [0.25, 0.3) is 0 Å². The second-order valence-corrected chi connectivity index (χ2v) is 4.73. The SMILES string of the molecule is CCOc1ccccc1CNCCCCN(C)C. The normalized spacial score (nSPS) is 10.9. The Morgan fingerprint density at radius 2 is 1.94 bits per heavy atom. The molecule has 0 saturated carbocycles. The molecule has 1 rings (SSSR count). The summed E-state index contributed by atoms with van der Waals surface area (Å²) in [6.45, 7) is 5.86. The van der Waals surface area contributed by atoms with Crippen LogP contribution in [0.15, 0.2) is 24.3 Å². The molecule has 0 unspecified atom stereocenters. The molecule has 0 aliphatic carbocycles. The van der Waals surface area contributed by atoms with Gasteiger partial charge < -0.3 is 15.0 Å². The number of nitrogens with one attached hydrogen (secondary N) is 1. The summed E-state index contributed by atoms with van der Waals surface area (Å²) in [7, 11) is 4.23. The second-order valence-electron chi connectivity index (χ2n) is 4.73. The van der Waals surface area contributed by atoms with Crippen LogP contribution in [0.2, 0.25) is 0 Å². The van der Waals surface area contributed by atoms with Crippen molar-refractivity contribution in [3.05, 3.63) is 29.8 Å². The van der Waals surface area contributed by atoms with Gasteiger partial charge in [0.1, 0.15) is 5.75 Å². The van der Waals surface area contributed by atoms with E-state index in [0.717, 1.165) is 32.0 Å². The highest BCUT2D eigenvalue weighted by atomic mass is 16.5. The van der Waals surface area contributed by atoms with Gasteiger partial charge in [0.25, 0.3) is 0 Å². The number of ether oxygens (including phenoxy) is 1. The Hall–Kier alpha value is -1.06. The van der Waals surface area contributed by atoms with E-state index in [-0.39, 0.29) is 0 Å². The van der Waals surface area contributed by atoms with Crippen molar-refractivity contribution in [2.24, 2.45) is 0 Å². The summed E-state index contributed by atoms with van der Waals surface area (Å²) in [6.07, 6.45) is 2.46. The summed E-state index contributed by atoms with van der Waals surface area (Å²) in [4.78, 5) is 2.23. The van der Waals surface area contributed by atoms with E-state index in [2.05, 4.69) is 36.4 Å². The number of hydrogen-bond donors (Lipinski definition) is 1. The van der Waals surface area contributed by atoms with Crippen LogP contribution in [-0.4, -0.2) is 38.7 Å². The largest absolute Gasteiger partial charge is 0.494 e. The van der Waals surface area contributed by atoms with Crippen LogP contribution in [-0.2, 0) is 6.54 Å². The van der Waals surface area contributed by atoms with Crippen LogP contribution in [0, 0.1) is 0 Å². The van der Waals surface area contributed by atoms with Crippen molar-refractivity contribution < 1.29 is 4.74 Å². The highest BCUT2D eigenvalue weighted by Crippen LogP contribution is 2.17. The molecule has 0 amide bonds. The van der Waals surface area contributed by atoms with Gasteiger partial charge in [-0.05, 0) is 53.0 Å². The van der Waals surface area contributed by atoms with E-state index in [1.54, 1.807) is 0 Å². The predicted molar refractivity (Wildman–Crippen MR) is 77.1 cm³/mol. The van der Waals surface area contributed by atoms with E-state index < -0.39 is 0 Å². The smallest absolute Gasteiger partial charge is 0.123 e. The van der Waals surface area contributed by atoms with Gasteiger partial charge in [-0.2, -0.15) is 0 Å². The molecule has 3 heteroatoms. The monoisotopic (exact) mass is 250 g/mol. The van der Waals surface area contributed by atoms with Gasteiger partial charge in [0.2, 0.25) is 0 Å². The van der Waals surface area contributed by atoms with Gasteiger partial charge in [0, 0.05) is 12.1 Å². The summed E-state index contributed by atoms with van der Waals surface area (Å²) in [5.74, 6) is 1.00. The fraction of sp³-hybridized carbons (Fsp3) is 0.600. The van der Waals surface area contributed by atoms with Crippen LogP contribution in [0.1, 0.15) is 25.3 Å². The van der Waals surface area contributed by atoms with Crippen LogP contribution < -0.4 is 10.1 Å². The quantitative estimate of drug-likeness (QED) is 0.682. The molecule has 1 aromatic carbocycles. The zero-order valence-electron chi connectivity index (χ0n) is 11.9. The molecule has 0 bridgehead atoms. The van der Waals surface area contributed by atoms with Gasteiger partial charge in [-0.3, -0.25) is 0 Å². The maximum atomic E-state index is 5.60. The molecule has 0 radical (unpaired) electrons. The zero-order chi connectivity index (χ0) is 13.2. The van der Waals surface area contributed by atoms with E-state index in [9.17, 15) is 0 Å². The highest BCUT2D eigenvalue weighted by Gasteiger charge is 2.01. The first kappa shape index (κ1) is 15.0. The van der Waals surface area contributed by atoms with Crippen molar-refractivity contribution in [1.29, 1.82) is 0 Å². The van der Waals surface area contributed by atoms with Crippen molar-refractivity contribution in [2.45, 2.75) is 26.3 Å². The number of unbranched alkanes of at least 4 members (excludes halogenated alkanes) is 1. The number of nitrogens with zero attached hydrogens (tertiary/aromatic N) is 1. The molecule has 0 atom stereocenters. The summed E-state index contributed by atoms with van der Waals surface area (Å²) >= 11 is 0. The van der Waals surface area contributed by atoms with Crippen molar-refractivity contribution in [3.63, 3.8) is 0 Å². The van der Waals surface area contributed by atoms with Gasteiger partial charge in [-0.1, -0.05) is 18.2 Å². The Morgan fingerprint density at radius 1 is 1.17 bits per heavy atom. The maximum Gasteiger partial charge on any atom is 0.123 e. The second kappa shape index (κ2) is 8.95. The van der Waals surface area contributed by atoms with Crippen LogP contribution in [0.5, 0.6) is 5.75 Å². The van der Waals surface area contributed by atoms with Crippen molar-refractivity contribution in [3.8, 4) is 5.75 Å². The fourth-order valence-corrected chi connectivity index (χ4v) is 1.85. The van der Waals surface area contributed by atoms with E-state index in [0.29, 0.717) is 0 Å². The minimum absolute atomic E-state index is 0.722. The standard InChI is InChI=1S/C15H26N2O/c1-4-18-15-10-6-5-9-14(15)13-16-11-7-8-12-17(2)3/h5-6,9-10,16H,4,7-8,11-13H2,1-3H3. The predicted octanol–water partition coefficient (Wildman–Crippen LogP) is 2.52. The molecule has 0 aliphatic heterocycles. The molecular formula is C15H26N2O. The molecule has 1 aromatic rings. The third kappa shape index (κ3) is 6.03. The fourth-order valence-electron chi connectivity index (χ4n) is 1.85. The van der Waals surface area contributed by atoms with E-state index >= 15 is 0 Å². The van der Waals surface area contributed by atoms with E-state index in [4.69, 9.17) is 4.74 Å². The molecule has 18 heavy (non-hydrogen) atoms. The van der Waals surface area contributed by atoms with Crippen LogP contribution >= 0.6 is 0 Å². The number of rotatable bonds is 9. The number of para-hydroxylation sites is 1. The summed E-state index contributed by atoms with van der Waals surface area (Å²) in [6, 6.07) is 8.24. The number of benzene rings is 1. The molecule has 1 N–H and O–H groups in total. The first-order valence-corrected chi connectivity index (χ1v) is 6.80. The third-order valence-electron chi connectivity index (χ3n) is 2.80. The molecule has 0 heterocycles. The summed E-state index contributed by atoms with van der Waals surface area (Å²) < 4.78 is 5.60. The Balaban J connectivity index is 2.22. The molecule has 0 fully saturated rings. The highest BCUT2D eigenvalue weighted by molar-refractivity contribution is 5.33. The summed E-state index contributed by atoms with van der Waals surface area (Å²) in [5.41, 5.74) is 1.24. The summed E-state index contributed by atoms with van der Waals surface area (Å²) in [5, 5.41) is 3.48. The van der Waals surface area contributed by atoms with Crippen molar-refractivity contribution >= 4 is 0 Å². The molecule has 0 saturated heterocycles. The van der Waals surface area contributed by atoms with Crippen LogP contribution in [0.4, 0.5) is 0 Å². The third-order valence-corrected chi connectivity index (χ3v) is 2.80. The minimum atomic E-state index is 0.722. The van der Waals surface area contributed by atoms with Gasteiger partial charge in [-0.15, -0.1) is 0 Å². The lowest BCUT2D eigenvalue weighted by Gasteiger charge is -2.11. The Kier molecular flexibility index (Phi) is 7.46. The average Bonchev–Trinajstić information content (AvgIpc) is 2.35. The Morgan fingerprint density at radius 3 is 2.67 bits per heavy atom. The lowest BCUT2D eigenvalue weighted by atomic mass is 10.2. The first-order chi connectivity index (χ1) is 8.74. The minimum Gasteiger partial charge on any atom is -0.494 e. The van der Waals surface area contributed by atoms with E-state index in [1.165, 1.54) is 18.4 Å². The molecule has 0 aliphatic rings. The van der Waals surface area contributed by atoms with Gasteiger partial charge in [-0.25, -0.2) is 0 Å². The van der Waals surface area contributed by atoms with Crippen LogP contribution in [0.3, 0.4) is 0 Å². The zero-order valence-corrected chi connectivity index (χ0v) is 11.9. The maximum absolute atomic E-state index is 5.60. The van der Waals surface area contributed by atoms with Gasteiger partial charge >= 0.3 is 0 Å². The molecule has 0 aromatic heterocycles. The Bertz CT molecular complexity index is 326. The van der Waals surface area contributed by atoms with Crippen molar-refractivity contribution in [1.82, 2.24) is 10.2 Å². The van der Waals surface area contributed by atoms with Gasteiger partial charge in [0.15, 0.2) is 0 Å². The van der Waals surface area contributed by atoms with Crippen molar-refractivity contribution in [2.75, 3.05) is 33.8 Å². The lowest BCUT2D eigenvalue weighted by molar-refractivity contribution is 0.335. The number of hydrogen-bond acceptors (Lipinski definition) is 3. The average molecular weight is 250 g/mol. The molecule has 102 valence electrons. The van der Waals surface area contributed by atoms with Gasteiger partial charge in [0.05, 0.1) is 6.61 Å².